The summed E-state index contributed by atoms with van der Waals surface area (Å²) < 4.78 is 31.6. The van der Waals surface area contributed by atoms with Crippen LogP contribution in [-0.4, -0.2) is 15.1 Å². The third-order valence-corrected chi connectivity index (χ3v) is 4.88. The summed E-state index contributed by atoms with van der Waals surface area (Å²) in [4.78, 5) is 13.8. The number of rotatable bonds is 4. The Morgan fingerprint density at radius 3 is 1.62 bits per heavy atom. The second-order valence-corrected chi connectivity index (χ2v) is 7.97. The first-order valence-corrected chi connectivity index (χ1v) is 11.3. The van der Waals surface area contributed by atoms with Gasteiger partial charge in [-0.2, -0.15) is 0 Å². The van der Waals surface area contributed by atoms with Gasteiger partial charge < -0.3 is 9.84 Å². The van der Waals surface area contributed by atoms with Gasteiger partial charge in [-0.3, -0.25) is 0 Å². The Labute approximate surface area is 227 Å². The third-order valence-electron chi connectivity index (χ3n) is 4.25. The summed E-state index contributed by atoms with van der Waals surface area (Å²) in [7, 11) is 0. The molecule has 0 aliphatic carbocycles. The molecular weight excluding hydrogens is 545 g/mol. The van der Waals surface area contributed by atoms with Gasteiger partial charge in [-0.1, -0.05) is 71.2 Å². The van der Waals surface area contributed by atoms with Crippen LogP contribution in [-0.2, 0) is 13.2 Å². The van der Waals surface area contributed by atoms with Crippen LogP contribution in [0.2, 0.25) is 15.5 Å². The lowest BCUT2D eigenvalue weighted by atomic mass is 10.2. The van der Waals surface area contributed by atoms with E-state index in [1.807, 2.05) is 0 Å². The normalized spacial score (nSPS) is 9.51. The maximum absolute atomic E-state index is 13.5. The Hall–Kier alpha value is -3.79. The average Bonchev–Trinajstić information content (AvgIpc) is 2.88. The number of hydrogen-bond acceptors (Lipinski definition) is 4. The molecule has 11 heteroatoms. The van der Waals surface area contributed by atoms with E-state index in [0.717, 1.165) is 6.07 Å². The highest BCUT2D eigenvalue weighted by Gasteiger charge is 2.05. The van der Waals surface area contributed by atoms with Crippen molar-refractivity contribution < 1.29 is 18.6 Å². The average molecular weight is 562 g/mol. The molecule has 0 saturated heterocycles. The Morgan fingerprint density at radius 1 is 0.730 bits per heavy atom. The minimum absolute atomic E-state index is 0.0391. The van der Waals surface area contributed by atoms with E-state index in [2.05, 4.69) is 19.7 Å². The predicted molar refractivity (Wildman–Crippen MR) is 139 cm³/mol. The molecule has 0 fully saturated rings. The summed E-state index contributed by atoms with van der Waals surface area (Å²) in [6, 6.07) is 18.3. The quantitative estimate of drug-likeness (QED) is 0.201. The zero-order valence-corrected chi connectivity index (χ0v) is 21.1. The molecule has 6 nitrogen and oxygen atoms in total. The lowest BCUT2D eigenvalue weighted by Crippen LogP contribution is -1.99. The highest BCUT2D eigenvalue weighted by atomic mass is 35.5. The van der Waals surface area contributed by atoms with Gasteiger partial charge in [-0.15, -0.1) is 0 Å². The Morgan fingerprint density at radius 2 is 1.22 bits per heavy atom. The fraction of sp³-hybridized carbons (Fsp3) is 0.0769. The van der Waals surface area contributed by atoms with Crippen LogP contribution in [0.1, 0.15) is 11.1 Å². The molecule has 2 aromatic heterocycles. The van der Waals surface area contributed by atoms with E-state index < -0.39 is 11.6 Å². The minimum atomic E-state index is -0.527. The number of aliphatic hydroxyl groups excluding tert-OH is 1. The summed E-state index contributed by atoms with van der Waals surface area (Å²) in [6.45, 7) is 13.0. The number of benzene rings is 2. The fourth-order valence-corrected chi connectivity index (χ4v) is 2.99. The van der Waals surface area contributed by atoms with Crippen LogP contribution in [0, 0.1) is 24.8 Å². The Kier molecular flexibility index (Phi) is 12.2. The maximum Gasteiger partial charge on any atom is 0.214 e. The SMILES string of the molecule is Clc1cccc(Cl)n1.[C-]#[N+]c1ccc(CO)c(F)c1.[C-]#[N+]c1ccc(COc2cccc(Cl)n2)c(F)c1. The van der Waals surface area contributed by atoms with Crippen LogP contribution in [0.3, 0.4) is 0 Å². The van der Waals surface area contributed by atoms with Gasteiger partial charge in [0.25, 0.3) is 0 Å². The molecule has 0 unspecified atom stereocenters. The first-order valence-electron chi connectivity index (χ1n) is 10.2. The molecule has 2 aromatic carbocycles. The van der Waals surface area contributed by atoms with Gasteiger partial charge in [0.05, 0.1) is 19.8 Å². The molecule has 2 heterocycles. The molecule has 1 N–H and O–H groups in total. The second kappa shape index (κ2) is 15.4. The zero-order valence-electron chi connectivity index (χ0n) is 18.9. The van der Waals surface area contributed by atoms with E-state index in [9.17, 15) is 8.78 Å². The number of hydrogen-bond donors (Lipinski definition) is 1. The fourth-order valence-electron chi connectivity index (χ4n) is 2.46. The van der Waals surface area contributed by atoms with Crippen molar-refractivity contribution in [3.63, 3.8) is 0 Å². The lowest BCUT2D eigenvalue weighted by Gasteiger charge is -2.06. The van der Waals surface area contributed by atoms with Crippen LogP contribution in [0.25, 0.3) is 9.69 Å². The third kappa shape index (κ3) is 10.4. The van der Waals surface area contributed by atoms with Crippen molar-refractivity contribution in [2.24, 2.45) is 0 Å². The largest absolute Gasteiger partial charge is 0.473 e. The first kappa shape index (κ1) is 29.4. The van der Waals surface area contributed by atoms with Crippen LogP contribution < -0.4 is 4.74 Å². The van der Waals surface area contributed by atoms with Gasteiger partial charge in [0, 0.05) is 17.2 Å². The lowest BCUT2D eigenvalue weighted by molar-refractivity contribution is 0.276. The monoisotopic (exact) mass is 560 g/mol. The topological polar surface area (TPSA) is 64.0 Å². The van der Waals surface area contributed by atoms with Crippen LogP contribution in [0.5, 0.6) is 5.88 Å². The summed E-state index contributed by atoms with van der Waals surface area (Å²) in [5, 5.41) is 9.74. The molecule has 0 bridgehead atoms. The smallest absolute Gasteiger partial charge is 0.214 e. The van der Waals surface area contributed by atoms with Crippen molar-refractivity contribution in [1.82, 2.24) is 9.97 Å². The van der Waals surface area contributed by atoms with Gasteiger partial charge in [-0.05, 0) is 30.3 Å². The van der Waals surface area contributed by atoms with E-state index in [-0.39, 0.29) is 30.2 Å². The second-order valence-electron chi connectivity index (χ2n) is 6.80. The molecule has 0 aliphatic rings. The molecule has 0 aliphatic heterocycles. The molecular formula is C26H17Cl3F2N4O2. The van der Waals surface area contributed by atoms with Crippen LogP contribution in [0.4, 0.5) is 20.2 Å². The number of aliphatic hydroxyl groups is 1. The molecule has 0 spiro atoms. The maximum atomic E-state index is 13.5. The van der Waals surface area contributed by atoms with Crippen molar-refractivity contribution in [3.8, 4) is 5.88 Å². The van der Waals surface area contributed by atoms with Gasteiger partial charge in [0.2, 0.25) is 5.88 Å². The van der Waals surface area contributed by atoms with Gasteiger partial charge >= 0.3 is 0 Å². The van der Waals surface area contributed by atoms with Crippen molar-refractivity contribution in [2.45, 2.75) is 13.2 Å². The molecule has 4 rings (SSSR count). The number of aromatic nitrogens is 2. The first-order chi connectivity index (χ1) is 17.7. The predicted octanol–water partition coefficient (Wildman–Crippen LogP) is 8.26. The van der Waals surface area contributed by atoms with Crippen molar-refractivity contribution in [1.29, 1.82) is 0 Å². The Bertz CT molecular complexity index is 1410. The molecule has 37 heavy (non-hydrogen) atoms. The Balaban J connectivity index is 0.000000215. The molecule has 188 valence electrons. The summed E-state index contributed by atoms with van der Waals surface area (Å²) >= 11 is 16.6. The van der Waals surface area contributed by atoms with Crippen molar-refractivity contribution in [3.05, 3.63) is 134 Å². The van der Waals surface area contributed by atoms with Crippen molar-refractivity contribution >= 4 is 46.2 Å². The minimum Gasteiger partial charge on any atom is -0.473 e. The van der Waals surface area contributed by atoms with Crippen LogP contribution >= 0.6 is 34.8 Å². The molecule has 4 aromatic rings. The summed E-state index contributed by atoms with van der Waals surface area (Å²) in [5.41, 5.74) is 1.10. The van der Waals surface area contributed by atoms with E-state index in [4.69, 9.17) is 57.8 Å². The summed E-state index contributed by atoms with van der Waals surface area (Å²) in [6.07, 6.45) is 0. The number of pyridine rings is 2. The van der Waals surface area contributed by atoms with E-state index in [1.165, 1.54) is 24.3 Å². The number of nitrogens with zero attached hydrogens (tertiary/aromatic N) is 4. The molecule has 0 saturated carbocycles. The van der Waals surface area contributed by atoms with Gasteiger partial charge in [0.15, 0.2) is 11.4 Å². The van der Waals surface area contributed by atoms with E-state index >= 15 is 0 Å². The van der Waals surface area contributed by atoms with Crippen molar-refractivity contribution in [2.75, 3.05) is 0 Å². The van der Waals surface area contributed by atoms with E-state index in [0.29, 0.717) is 26.9 Å². The number of halogens is 5. The van der Waals surface area contributed by atoms with Crippen LogP contribution in [0.15, 0.2) is 72.8 Å². The molecule has 0 amide bonds. The highest BCUT2D eigenvalue weighted by Crippen LogP contribution is 2.19. The molecule has 0 radical (unpaired) electrons. The zero-order chi connectivity index (χ0) is 27.2. The summed E-state index contributed by atoms with van der Waals surface area (Å²) in [5.74, 6) is -0.664. The van der Waals surface area contributed by atoms with Gasteiger partial charge in [-0.25, -0.2) is 28.4 Å². The van der Waals surface area contributed by atoms with Gasteiger partial charge in [0.1, 0.15) is 33.7 Å². The molecule has 0 atom stereocenters. The standard InChI is InChI=1S/C13H8ClFN2O.C8H6FNO.C5H3Cl2N/c1-16-10-6-5-9(11(15)7-10)8-18-13-4-2-3-12(14)17-13;1-10-7-3-2-6(5-11)8(9)4-7;6-4-2-1-3-5(7)8-4/h2-7H,8H2;2-4,11H,5H2;1-3H. The number of ether oxygens (including phenoxy) is 1. The van der Waals surface area contributed by atoms with E-state index in [1.54, 1.807) is 42.5 Å². The highest BCUT2D eigenvalue weighted by molar-refractivity contribution is 6.32.